The summed E-state index contributed by atoms with van der Waals surface area (Å²) < 4.78 is 5.21. The van der Waals surface area contributed by atoms with Crippen LogP contribution in [0.25, 0.3) is 11.3 Å². The highest BCUT2D eigenvalue weighted by molar-refractivity contribution is 5.95. The number of anilines is 2. The lowest BCUT2D eigenvalue weighted by Crippen LogP contribution is -2.43. The van der Waals surface area contributed by atoms with Gasteiger partial charge in [-0.05, 0) is 80.8 Å². The molecule has 1 aliphatic heterocycles. The van der Waals surface area contributed by atoms with E-state index in [0.717, 1.165) is 54.4 Å². The Morgan fingerprint density at radius 3 is 2.41 bits per heavy atom. The number of aromatic nitrogens is 2. The van der Waals surface area contributed by atoms with Crippen LogP contribution in [0.5, 0.6) is 5.75 Å². The number of hydrogen-bond donors (Lipinski definition) is 0. The number of piperidine rings is 1. The predicted molar refractivity (Wildman–Crippen MR) is 128 cm³/mol. The van der Waals surface area contributed by atoms with Crippen LogP contribution in [0.1, 0.15) is 25.3 Å². The van der Waals surface area contributed by atoms with E-state index in [4.69, 9.17) is 4.74 Å². The zero-order valence-corrected chi connectivity index (χ0v) is 19.0. The van der Waals surface area contributed by atoms with Crippen molar-refractivity contribution in [2.24, 2.45) is 5.92 Å². The molecule has 0 spiro atoms. The average molecular weight is 431 g/mol. The molecule has 1 aliphatic rings. The van der Waals surface area contributed by atoms with Gasteiger partial charge in [0.1, 0.15) is 5.75 Å². The molecule has 166 valence electrons. The second-order valence-electron chi connectivity index (χ2n) is 8.19. The third-order valence-electron chi connectivity index (χ3n) is 6.10. The highest BCUT2D eigenvalue weighted by atomic mass is 16.5. The molecule has 1 amide bonds. The Kier molecular flexibility index (Phi) is 6.69. The molecule has 1 fully saturated rings. The molecule has 0 bridgehead atoms. The van der Waals surface area contributed by atoms with Crippen molar-refractivity contribution >= 4 is 17.4 Å². The Morgan fingerprint density at radius 2 is 1.81 bits per heavy atom. The van der Waals surface area contributed by atoms with Gasteiger partial charge in [-0.15, -0.1) is 10.2 Å². The summed E-state index contributed by atoms with van der Waals surface area (Å²) >= 11 is 0. The number of aryl methyl sites for hydroxylation is 1. The third-order valence-corrected chi connectivity index (χ3v) is 6.10. The van der Waals surface area contributed by atoms with E-state index in [0.29, 0.717) is 6.54 Å². The van der Waals surface area contributed by atoms with Crippen molar-refractivity contribution in [2.75, 3.05) is 36.5 Å². The van der Waals surface area contributed by atoms with Gasteiger partial charge in [-0.2, -0.15) is 0 Å². The van der Waals surface area contributed by atoms with Crippen LogP contribution in [0.15, 0.2) is 60.7 Å². The van der Waals surface area contributed by atoms with Crippen molar-refractivity contribution in [3.8, 4) is 17.0 Å². The maximum absolute atomic E-state index is 13.2. The van der Waals surface area contributed by atoms with Crippen molar-refractivity contribution in [1.82, 2.24) is 10.2 Å². The highest BCUT2D eigenvalue weighted by Gasteiger charge is 2.29. The van der Waals surface area contributed by atoms with Gasteiger partial charge in [-0.25, -0.2) is 0 Å². The Labute approximate surface area is 189 Å². The third kappa shape index (κ3) is 4.74. The van der Waals surface area contributed by atoms with Crippen LogP contribution in [-0.2, 0) is 4.79 Å². The lowest BCUT2D eigenvalue weighted by molar-refractivity contribution is -0.122. The van der Waals surface area contributed by atoms with Crippen molar-refractivity contribution in [2.45, 2.75) is 26.7 Å². The highest BCUT2D eigenvalue weighted by Crippen LogP contribution is 2.27. The Balaban J connectivity index is 1.38. The van der Waals surface area contributed by atoms with Crippen LogP contribution in [0.2, 0.25) is 0 Å². The molecule has 2 aromatic carbocycles. The fourth-order valence-electron chi connectivity index (χ4n) is 4.25. The van der Waals surface area contributed by atoms with Crippen molar-refractivity contribution < 1.29 is 9.53 Å². The predicted octanol–water partition coefficient (Wildman–Crippen LogP) is 4.73. The zero-order chi connectivity index (χ0) is 22.5. The SMILES string of the molecule is CCN(C(=O)C1CCN(c2ccc(-c3ccc(OC)cc3)nn2)CC1)c1cccc(C)c1. The van der Waals surface area contributed by atoms with Crippen molar-refractivity contribution in [1.29, 1.82) is 0 Å². The van der Waals surface area contributed by atoms with Crippen LogP contribution in [0, 0.1) is 12.8 Å². The molecule has 0 N–H and O–H groups in total. The van der Waals surface area contributed by atoms with Gasteiger partial charge in [-0.3, -0.25) is 4.79 Å². The first-order chi connectivity index (χ1) is 15.6. The quantitative estimate of drug-likeness (QED) is 0.566. The summed E-state index contributed by atoms with van der Waals surface area (Å²) in [5.41, 5.74) is 3.99. The molecule has 2 heterocycles. The lowest BCUT2D eigenvalue weighted by Gasteiger charge is -2.34. The van der Waals surface area contributed by atoms with Crippen molar-refractivity contribution in [3.05, 3.63) is 66.2 Å². The summed E-state index contributed by atoms with van der Waals surface area (Å²) in [7, 11) is 1.66. The van der Waals surface area contributed by atoms with E-state index in [2.05, 4.69) is 34.2 Å². The molecule has 0 aliphatic carbocycles. The van der Waals surface area contributed by atoms with Gasteiger partial charge in [0.05, 0.1) is 12.8 Å². The molecule has 1 aromatic heterocycles. The number of rotatable bonds is 6. The molecular formula is C26H30N4O2. The van der Waals surface area contributed by atoms with Gasteiger partial charge in [0, 0.05) is 36.8 Å². The first-order valence-corrected chi connectivity index (χ1v) is 11.2. The van der Waals surface area contributed by atoms with Gasteiger partial charge >= 0.3 is 0 Å². The van der Waals surface area contributed by atoms with Gasteiger partial charge < -0.3 is 14.5 Å². The van der Waals surface area contributed by atoms with Gasteiger partial charge in [-0.1, -0.05) is 12.1 Å². The average Bonchev–Trinajstić information content (AvgIpc) is 2.85. The minimum atomic E-state index is 0.0400. The first kappa shape index (κ1) is 21.8. The first-order valence-electron chi connectivity index (χ1n) is 11.2. The van der Waals surface area contributed by atoms with Crippen LogP contribution >= 0.6 is 0 Å². The molecule has 3 aromatic rings. The fourth-order valence-corrected chi connectivity index (χ4v) is 4.25. The lowest BCUT2D eigenvalue weighted by atomic mass is 9.95. The fraction of sp³-hybridized carbons (Fsp3) is 0.346. The number of hydrogen-bond acceptors (Lipinski definition) is 5. The smallest absolute Gasteiger partial charge is 0.230 e. The zero-order valence-electron chi connectivity index (χ0n) is 19.0. The Morgan fingerprint density at radius 1 is 1.06 bits per heavy atom. The molecule has 0 saturated carbocycles. The van der Waals surface area contributed by atoms with E-state index in [-0.39, 0.29) is 11.8 Å². The van der Waals surface area contributed by atoms with Crippen LogP contribution < -0.4 is 14.5 Å². The summed E-state index contributed by atoms with van der Waals surface area (Å²) in [5.74, 6) is 1.94. The number of ether oxygens (including phenoxy) is 1. The number of methoxy groups -OCH3 is 1. The molecule has 6 heteroatoms. The van der Waals surface area contributed by atoms with E-state index >= 15 is 0 Å². The van der Waals surface area contributed by atoms with Gasteiger partial charge in [0.15, 0.2) is 5.82 Å². The van der Waals surface area contributed by atoms with Crippen LogP contribution in [-0.4, -0.2) is 42.8 Å². The second kappa shape index (κ2) is 9.81. The summed E-state index contributed by atoms with van der Waals surface area (Å²) in [4.78, 5) is 17.3. The molecule has 0 atom stereocenters. The molecule has 6 nitrogen and oxygen atoms in total. The standard InChI is InChI=1S/C26H30N4O2/c1-4-30(22-7-5-6-19(2)18-22)26(31)21-14-16-29(17-15-21)25-13-12-24(27-28-25)20-8-10-23(32-3)11-9-20/h5-13,18,21H,4,14-17H2,1-3H3. The molecule has 32 heavy (non-hydrogen) atoms. The number of carbonyl (C=O) groups is 1. The van der Waals surface area contributed by atoms with Crippen molar-refractivity contribution in [3.63, 3.8) is 0 Å². The Bertz CT molecular complexity index is 1040. The molecular weight excluding hydrogens is 400 g/mol. The minimum Gasteiger partial charge on any atom is -0.497 e. The van der Waals surface area contributed by atoms with Gasteiger partial charge in [0.2, 0.25) is 5.91 Å². The number of amides is 1. The normalized spacial score (nSPS) is 14.3. The maximum Gasteiger partial charge on any atom is 0.230 e. The monoisotopic (exact) mass is 430 g/mol. The van der Waals surface area contributed by atoms with E-state index in [1.807, 2.05) is 60.4 Å². The van der Waals surface area contributed by atoms with Crippen LogP contribution in [0.4, 0.5) is 11.5 Å². The molecule has 0 unspecified atom stereocenters. The maximum atomic E-state index is 13.2. The summed E-state index contributed by atoms with van der Waals surface area (Å²) in [6, 6.07) is 20.0. The Hall–Kier alpha value is -3.41. The minimum absolute atomic E-state index is 0.0400. The summed E-state index contributed by atoms with van der Waals surface area (Å²) in [6.45, 7) is 6.38. The van der Waals surface area contributed by atoms with Crippen LogP contribution in [0.3, 0.4) is 0 Å². The number of benzene rings is 2. The second-order valence-corrected chi connectivity index (χ2v) is 8.19. The molecule has 4 rings (SSSR count). The summed E-state index contributed by atoms with van der Waals surface area (Å²) in [5, 5.41) is 8.86. The molecule has 0 radical (unpaired) electrons. The van der Waals surface area contributed by atoms with Gasteiger partial charge in [0.25, 0.3) is 0 Å². The largest absolute Gasteiger partial charge is 0.497 e. The number of carbonyl (C=O) groups excluding carboxylic acids is 1. The van der Waals surface area contributed by atoms with E-state index < -0.39 is 0 Å². The number of nitrogens with zero attached hydrogens (tertiary/aromatic N) is 4. The summed E-state index contributed by atoms with van der Waals surface area (Å²) in [6.07, 6.45) is 1.64. The van der Waals surface area contributed by atoms with E-state index in [9.17, 15) is 4.79 Å². The van der Waals surface area contributed by atoms with E-state index in [1.165, 1.54) is 5.56 Å². The van der Waals surface area contributed by atoms with E-state index in [1.54, 1.807) is 7.11 Å². The topological polar surface area (TPSA) is 58.6 Å². The molecule has 1 saturated heterocycles.